The zero-order valence-corrected chi connectivity index (χ0v) is 6.56. The van der Waals surface area contributed by atoms with E-state index < -0.39 is 0 Å². The van der Waals surface area contributed by atoms with Gasteiger partial charge in [0.25, 0.3) is 0 Å². The molecule has 0 amide bonds. The van der Waals surface area contributed by atoms with Crippen LogP contribution in [0.25, 0.3) is 0 Å². The third kappa shape index (κ3) is 4.46. The van der Waals surface area contributed by atoms with E-state index in [-0.39, 0.29) is 0 Å². The molecule has 9 heavy (non-hydrogen) atoms. The Hall–Kier alpha value is -0.0405. The van der Waals surface area contributed by atoms with Crippen molar-refractivity contribution in [2.45, 2.75) is 0 Å². The molecular weight excluding hydrogens is 180 g/mol. The second-order valence-electron chi connectivity index (χ2n) is 1.49. The molecular formula is C7H7CuS. The Bertz CT molecular complexity index is 150. The van der Waals surface area contributed by atoms with E-state index in [0.717, 1.165) is 5.56 Å². The molecule has 0 aliphatic rings. The van der Waals surface area contributed by atoms with E-state index in [2.05, 4.69) is 31.9 Å². The molecule has 0 bridgehead atoms. The average molecular weight is 187 g/mol. The van der Waals surface area contributed by atoms with Gasteiger partial charge in [-0.1, -0.05) is 30.3 Å². The van der Waals surface area contributed by atoms with Gasteiger partial charge in [-0.3, -0.25) is 0 Å². The number of rotatable bonds is 0. The Morgan fingerprint density at radius 3 is 1.78 bits per heavy atom. The van der Waals surface area contributed by atoms with Gasteiger partial charge in [-0.05, 0) is 12.5 Å². The van der Waals surface area contributed by atoms with Gasteiger partial charge >= 0.3 is 24.9 Å². The molecule has 0 saturated heterocycles. The van der Waals surface area contributed by atoms with Crippen LogP contribution in [0.5, 0.6) is 0 Å². The van der Waals surface area contributed by atoms with E-state index in [1.165, 1.54) is 0 Å². The maximum absolute atomic E-state index is 3.77. The van der Waals surface area contributed by atoms with Crippen molar-refractivity contribution in [3.8, 4) is 0 Å². The van der Waals surface area contributed by atoms with Gasteiger partial charge in [-0.2, -0.15) is 0 Å². The standard InChI is InChI=1S/C7H7.Cu.S/c1-7-5-3-2-4-6-7;;/h2-6H,1H2;;. The van der Waals surface area contributed by atoms with Gasteiger partial charge in [-0.15, -0.1) is 0 Å². The van der Waals surface area contributed by atoms with Crippen LogP contribution in [0.3, 0.4) is 0 Å². The quantitative estimate of drug-likeness (QED) is 0.562. The molecule has 1 radical (unpaired) electrons. The molecule has 0 heterocycles. The monoisotopic (exact) mass is 186 g/mol. The molecule has 0 aromatic heterocycles. The van der Waals surface area contributed by atoms with Crippen LogP contribution in [0, 0.1) is 6.92 Å². The topological polar surface area (TPSA) is 0 Å². The van der Waals surface area contributed by atoms with E-state index in [9.17, 15) is 0 Å². The Balaban J connectivity index is 0.000000291. The van der Waals surface area contributed by atoms with Crippen LogP contribution in [-0.2, 0) is 14.4 Å². The first kappa shape index (κ1) is 8.96. The van der Waals surface area contributed by atoms with Crippen molar-refractivity contribution in [1.82, 2.24) is 0 Å². The molecule has 1 aromatic rings. The molecule has 0 atom stereocenters. The Morgan fingerprint density at radius 1 is 1.11 bits per heavy atom. The maximum atomic E-state index is 3.77. The van der Waals surface area contributed by atoms with Crippen LogP contribution < -0.4 is 0 Å². The second kappa shape index (κ2) is 6.09. The van der Waals surface area contributed by atoms with E-state index >= 15 is 0 Å². The molecule has 0 nitrogen and oxygen atoms in total. The summed E-state index contributed by atoms with van der Waals surface area (Å²) in [6.07, 6.45) is 0. The van der Waals surface area contributed by atoms with Gasteiger partial charge in [0.05, 0.1) is 0 Å². The zero-order chi connectivity index (χ0) is 7.11. The average Bonchev–Trinajstić information content (AvgIpc) is 1.94. The normalized spacial score (nSPS) is 7.44. The van der Waals surface area contributed by atoms with E-state index in [1.807, 2.05) is 30.3 Å². The molecule has 0 unspecified atom stereocenters. The molecule has 52 valence electrons. The van der Waals surface area contributed by atoms with Gasteiger partial charge in [0.2, 0.25) is 0 Å². The van der Waals surface area contributed by atoms with Crippen molar-refractivity contribution in [3.63, 3.8) is 0 Å². The number of hydrogen-bond acceptors (Lipinski definition) is 1. The van der Waals surface area contributed by atoms with Crippen molar-refractivity contribution >= 4 is 10.6 Å². The predicted octanol–water partition coefficient (Wildman–Crippen LogP) is 2.51. The van der Waals surface area contributed by atoms with Crippen molar-refractivity contribution in [3.05, 3.63) is 42.8 Å². The Morgan fingerprint density at radius 2 is 1.56 bits per heavy atom. The summed E-state index contributed by atoms with van der Waals surface area (Å²) in [5, 5.41) is 0. The van der Waals surface area contributed by atoms with Crippen LogP contribution in [0.15, 0.2) is 30.3 Å². The van der Waals surface area contributed by atoms with Crippen LogP contribution in [0.2, 0.25) is 0 Å². The summed E-state index contributed by atoms with van der Waals surface area (Å²) in [5.41, 5.74) is 1.07. The third-order valence-corrected chi connectivity index (χ3v) is 0.843. The molecule has 2 heteroatoms. The summed E-state index contributed by atoms with van der Waals surface area (Å²) in [6.45, 7) is 3.72. The molecule has 0 saturated carbocycles. The van der Waals surface area contributed by atoms with Gasteiger partial charge in [0.1, 0.15) is 0 Å². The summed E-state index contributed by atoms with van der Waals surface area (Å²) in [6, 6.07) is 9.87. The summed E-state index contributed by atoms with van der Waals surface area (Å²) < 4.78 is 0. The molecule has 0 fully saturated rings. The summed E-state index contributed by atoms with van der Waals surface area (Å²) in [4.78, 5) is 0. The first-order valence-corrected chi connectivity index (χ1v) is 3.79. The Kier molecular flexibility index (Phi) is 6.06. The summed E-state index contributed by atoms with van der Waals surface area (Å²) in [5.74, 6) is 0. The van der Waals surface area contributed by atoms with Crippen molar-refractivity contribution < 1.29 is 14.4 Å². The van der Waals surface area contributed by atoms with Crippen molar-refractivity contribution in [1.29, 1.82) is 0 Å². The van der Waals surface area contributed by atoms with Crippen LogP contribution in [0.1, 0.15) is 5.56 Å². The minimum absolute atomic E-state index is 1.07. The Labute approximate surface area is 68.0 Å². The van der Waals surface area contributed by atoms with Gasteiger partial charge < -0.3 is 0 Å². The fourth-order valence-corrected chi connectivity index (χ4v) is 0.478. The first-order chi connectivity index (χ1) is 4.39. The van der Waals surface area contributed by atoms with Crippen molar-refractivity contribution in [2.75, 3.05) is 0 Å². The first-order valence-electron chi connectivity index (χ1n) is 2.39. The molecule has 0 aliphatic heterocycles. The second-order valence-corrected chi connectivity index (χ2v) is 1.49. The third-order valence-electron chi connectivity index (χ3n) is 0.843. The minimum atomic E-state index is 1.07. The zero-order valence-electron chi connectivity index (χ0n) is 4.80. The van der Waals surface area contributed by atoms with Crippen LogP contribution >= 0.6 is 10.6 Å². The molecule has 1 aromatic carbocycles. The van der Waals surface area contributed by atoms with E-state index in [1.54, 1.807) is 0 Å². The van der Waals surface area contributed by atoms with Crippen molar-refractivity contribution in [2.24, 2.45) is 0 Å². The molecule has 1 rings (SSSR count). The van der Waals surface area contributed by atoms with Crippen LogP contribution in [-0.4, -0.2) is 0 Å². The fourth-order valence-electron chi connectivity index (χ4n) is 0.478. The van der Waals surface area contributed by atoms with Crippen LogP contribution in [0.4, 0.5) is 0 Å². The fraction of sp³-hybridized carbons (Fsp3) is 0. The molecule has 0 spiro atoms. The predicted molar refractivity (Wildman–Crippen MR) is 38.5 cm³/mol. The summed E-state index contributed by atoms with van der Waals surface area (Å²) >= 11 is 3.77. The van der Waals surface area contributed by atoms with Gasteiger partial charge in [0, 0.05) is 0 Å². The number of benzene rings is 1. The molecule has 0 aliphatic carbocycles. The van der Waals surface area contributed by atoms with E-state index in [0.29, 0.717) is 0 Å². The van der Waals surface area contributed by atoms with Gasteiger partial charge in [-0.25, -0.2) is 0 Å². The summed E-state index contributed by atoms with van der Waals surface area (Å²) in [7, 11) is 3.65. The van der Waals surface area contributed by atoms with E-state index in [4.69, 9.17) is 0 Å². The molecule has 0 N–H and O–H groups in total. The van der Waals surface area contributed by atoms with Gasteiger partial charge in [0.15, 0.2) is 0 Å². The SMILES string of the molecule is [CH2]c1ccccc1.[S]=[Cu]. The number of hydrogen-bond donors (Lipinski definition) is 0.